The van der Waals surface area contributed by atoms with Gasteiger partial charge in [-0.05, 0) is 29.8 Å². The fourth-order valence-corrected chi connectivity index (χ4v) is 2.48. The van der Waals surface area contributed by atoms with E-state index in [4.69, 9.17) is 34.7 Å². The molecule has 5 N–H and O–H groups in total. The van der Waals surface area contributed by atoms with Gasteiger partial charge < -0.3 is 16.6 Å². The minimum absolute atomic E-state index is 0.0752. The number of carbonyl (C=O) groups is 1. The molecule has 0 bridgehead atoms. The lowest BCUT2D eigenvalue weighted by Crippen LogP contribution is -2.44. The highest BCUT2D eigenvalue weighted by atomic mass is 35.5. The van der Waals surface area contributed by atoms with Gasteiger partial charge in [-0.25, -0.2) is 4.99 Å². The number of rotatable bonds is 5. The molecule has 0 heterocycles. The molecule has 2 rings (SSSR count). The Kier molecular flexibility index (Phi) is 5.83. The predicted octanol–water partition coefficient (Wildman–Crippen LogP) is 3.27. The Morgan fingerprint density at radius 3 is 2.25 bits per heavy atom. The summed E-state index contributed by atoms with van der Waals surface area (Å²) in [6.07, 6.45) is 0. The van der Waals surface area contributed by atoms with Crippen LogP contribution in [-0.2, 0) is 4.79 Å². The summed E-state index contributed by atoms with van der Waals surface area (Å²) in [5, 5.41) is 11.0. The number of phenols is 1. The quantitative estimate of drug-likeness (QED) is 0.708. The van der Waals surface area contributed by atoms with E-state index in [0.29, 0.717) is 21.4 Å². The van der Waals surface area contributed by atoms with E-state index < -0.39 is 17.9 Å². The molecule has 24 heavy (non-hydrogen) atoms. The first kappa shape index (κ1) is 18.3. The number of phenolic OH excluding ortho intramolecular Hbond substituents is 1. The van der Waals surface area contributed by atoms with Gasteiger partial charge in [0.1, 0.15) is 11.4 Å². The molecule has 0 saturated heterocycles. The summed E-state index contributed by atoms with van der Waals surface area (Å²) in [6.45, 7) is 1.75. The van der Waals surface area contributed by atoms with Crippen molar-refractivity contribution in [3.63, 3.8) is 0 Å². The van der Waals surface area contributed by atoms with Crippen LogP contribution in [0.15, 0.2) is 47.5 Å². The van der Waals surface area contributed by atoms with E-state index in [2.05, 4.69) is 4.99 Å². The number of primary amides is 1. The van der Waals surface area contributed by atoms with E-state index >= 15 is 0 Å². The Labute approximate surface area is 149 Å². The first-order valence-corrected chi connectivity index (χ1v) is 7.93. The van der Waals surface area contributed by atoms with Crippen molar-refractivity contribution in [3.05, 3.63) is 58.1 Å². The van der Waals surface area contributed by atoms with E-state index in [9.17, 15) is 9.90 Å². The third kappa shape index (κ3) is 4.26. The number of hydrogen-bond donors (Lipinski definition) is 3. The molecule has 126 valence electrons. The summed E-state index contributed by atoms with van der Waals surface area (Å²) in [7, 11) is 0. The Balaban J connectivity index is 2.55. The molecule has 2 atom stereocenters. The molecule has 7 heteroatoms. The van der Waals surface area contributed by atoms with Crippen molar-refractivity contribution in [2.75, 3.05) is 0 Å². The van der Waals surface area contributed by atoms with Gasteiger partial charge in [0.25, 0.3) is 0 Å². The first-order valence-electron chi connectivity index (χ1n) is 7.17. The van der Waals surface area contributed by atoms with Gasteiger partial charge in [0.15, 0.2) is 0 Å². The molecule has 0 saturated carbocycles. The largest absolute Gasteiger partial charge is 0.506 e. The molecule has 0 fully saturated rings. The fourth-order valence-electron chi connectivity index (χ4n) is 2.19. The highest BCUT2D eigenvalue weighted by molar-refractivity contribution is 6.31. The average Bonchev–Trinajstić information content (AvgIpc) is 2.54. The topological polar surface area (TPSA) is 102 Å². The van der Waals surface area contributed by atoms with E-state index in [1.165, 1.54) is 6.07 Å². The van der Waals surface area contributed by atoms with Gasteiger partial charge in [0, 0.05) is 22.0 Å². The van der Waals surface area contributed by atoms with Gasteiger partial charge in [-0.1, -0.05) is 42.3 Å². The number of nitrogens with zero attached hydrogens (tertiary/aromatic N) is 1. The molecule has 0 aromatic heterocycles. The SMILES string of the molecule is CC(C(=Nc1ccc(Cl)cc1O)c1ccc(Cl)cc1)C(N)C(N)=O. The van der Waals surface area contributed by atoms with Crippen LogP contribution in [0.1, 0.15) is 12.5 Å². The van der Waals surface area contributed by atoms with Crippen molar-refractivity contribution in [1.29, 1.82) is 0 Å². The molecule has 0 aliphatic carbocycles. The Morgan fingerprint density at radius 2 is 1.71 bits per heavy atom. The van der Waals surface area contributed by atoms with E-state index in [0.717, 1.165) is 5.56 Å². The fraction of sp³-hybridized carbons (Fsp3) is 0.176. The third-order valence-electron chi connectivity index (χ3n) is 3.62. The van der Waals surface area contributed by atoms with Crippen LogP contribution in [-0.4, -0.2) is 22.8 Å². The van der Waals surface area contributed by atoms with Crippen molar-refractivity contribution in [1.82, 2.24) is 0 Å². The highest BCUT2D eigenvalue weighted by Crippen LogP contribution is 2.31. The lowest BCUT2D eigenvalue weighted by atomic mass is 9.91. The molecule has 1 amide bonds. The van der Waals surface area contributed by atoms with Crippen molar-refractivity contribution < 1.29 is 9.90 Å². The van der Waals surface area contributed by atoms with Gasteiger partial charge in [-0.15, -0.1) is 0 Å². The summed E-state index contributed by atoms with van der Waals surface area (Å²) < 4.78 is 0. The second kappa shape index (κ2) is 7.66. The number of nitrogens with two attached hydrogens (primary N) is 2. The number of carbonyl (C=O) groups excluding carboxylic acids is 1. The molecular formula is C17H17Cl2N3O2. The second-order valence-electron chi connectivity index (χ2n) is 5.35. The van der Waals surface area contributed by atoms with E-state index in [1.54, 1.807) is 43.3 Å². The average molecular weight is 366 g/mol. The molecule has 5 nitrogen and oxygen atoms in total. The summed E-state index contributed by atoms with van der Waals surface area (Å²) in [4.78, 5) is 15.9. The Hall–Kier alpha value is -2.08. The summed E-state index contributed by atoms with van der Waals surface area (Å²) in [5.41, 5.74) is 12.7. The number of aromatic hydroxyl groups is 1. The molecule has 0 aliphatic rings. The Morgan fingerprint density at radius 1 is 1.12 bits per heavy atom. The summed E-state index contributed by atoms with van der Waals surface area (Å²) in [5.74, 6) is -1.18. The summed E-state index contributed by atoms with van der Waals surface area (Å²) in [6, 6.07) is 10.6. The number of hydrogen-bond acceptors (Lipinski definition) is 4. The zero-order valence-electron chi connectivity index (χ0n) is 12.9. The van der Waals surface area contributed by atoms with Gasteiger partial charge >= 0.3 is 0 Å². The second-order valence-corrected chi connectivity index (χ2v) is 6.23. The number of aliphatic imine (C=N–C) groups is 1. The maximum absolute atomic E-state index is 11.4. The third-order valence-corrected chi connectivity index (χ3v) is 4.10. The monoisotopic (exact) mass is 365 g/mol. The maximum Gasteiger partial charge on any atom is 0.235 e. The molecule has 0 spiro atoms. The summed E-state index contributed by atoms with van der Waals surface area (Å²) >= 11 is 11.8. The molecule has 2 unspecified atom stereocenters. The minimum Gasteiger partial charge on any atom is -0.506 e. The van der Waals surface area contributed by atoms with Crippen molar-refractivity contribution >= 4 is 40.5 Å². The van der Waals surface area contributed by atoms with Gasteiger partial charge in [0.2, 0.25) is 5.91 Å². The molecule has 2 aromatic rings. The first-order chi connectivity index (χ1) is 11.3. The van der Waals surface area contributed by atoms with Gasteiger partial charge in [-0.3, -0.25) is 4.79 Å². The van der Waals surface area contributed by atoms with Crippen LogP contribution in [0.4, 0.5) is 5.69 Å². The van der Waals surface area contributed by atoms with Crippen LogP contribution in [0.3, 0.4) is 0 Å². The van der Waals surface area contributed by atoms with Gasteiger partial charge in [-0.2, -0.15) is 0 Å². The van der Waals surface area contributed by atoms with E-state index in [-0.39, 0.29) is 5.75 Å². The smallest absolute Gasteiger partial charge is 0.235 e. The zero-order chi connectivity index (χ0) is 17.9. The van der Waals surface area contributed by atoms with E-state index in [1.807, 2.05) is 0 Å². The highest BCUT2D eigenvalue weighted by Gasteiger charge is 2.24. The van der Waals surface area contributed by atoms with Crippen molar-refractivity contribution in [3.8, 4) is 5.75 Å². The normalized spacial score (nSPS) is 14.2. The van der Waals surface area contributed by atoms with Crippen molar-refractivity contribution in [2.24, 2.45) is 22.4 Å². The van der Waals surface area contributed by atoms with Crippen LogP contribution in [0.2, 0.25) is 10.0 Å². The maximum atomic E-state index is 11.4. The number of amides is 1. The number of halogens is 2. The van der Waals surface area contributed by atoms with Gasteiger partial charge in [0.05, 0.1) is 11.8 Å². The molecule has 0 radical (unpaired) electrons. The van der Waals surface area contributed by atoms with Crippen LogP contribution < -0.4 is 11.5 Å². The van der Waals surface area contributed by atoms with Crippen LogP contribution in [0.25, 0.3) is 0 Å². The van der Waals surface area contributed by atoms with Crippen LogP contribution in [0.5, 0.6) is 5.75 Å². The van der Waals surface area contributed by atoms with Crippen LogP contribution >= 0.6 is 23.2 Å². The molecule has 0 aliphatic heterocycles. The number of benzene rings is 2. The lowest BCUT2D eigenvalue weighted by molar-refractivity contribution is -0.119. The molecular weight excluding hydrogens is 349 g/mol. The van der Waals surface area contributed by atoms with Crippen molar-refractivity contribution in [2.45, 2.75) is 13.0 Å². The standard InChI is InChI=1S/C17H17Cl2N3O2/c1-9(15(20)17(21)24)16(10-2-4-11(18)5-3-10)22-13-7-6-12(19)8-14(13)23/h2-9,15,23H,20H2,1H3,(H2,21,24). The lowest BCUT2D eigenvalue weighted by Gasteiger charge is -2.20. The minimum atomic E-state index is -0.922. The zero-order valence-corrected chi connectivity index (χ0v) is 14.4. The van der Waals surface area contributed by atoms with Crippen LogP contribution in [0, 0.1) is 5.92 Å². The Bertz CT molecular complexity index is 776. The predicted molar refractivity (Wildman–Crippen MR) is 97.1 cm³/mol. The molecule has 2 aromatic carbocycles.